The molecule has 2 aliphatic rings. The van der Waals surface area contributed by atoms with Crippen molar-refractivity contribution < 1.29 is 13.2 Å². The highest BCUT2D eigenvalue weighted by Gasteiger charge is 2.53. The van der Waals surface area contributed by atoms with Gasteiger partial charge in [0.1, 0.15) is 0 Å². The van der Waals surface area contributed by atoms with Crippen LogP contribution in [0.25, 0.3) is 0 Å². The van der Waals surface area contributed by atoms with Gasteiger partial charge in [0, 0.05) is 37.8 Å². The molecular weight excluding hydrogens is 328 g/mol. The van der Waals surface area contributed by atoms with Crippen molar-refractivity contribution in [2.45, 2.75) is 38.1 Å². The summed E-state index contributed by atoms with van der Waals surface area (Å²) in [5.74, 6) is 0.0991. The predicted octanol–water partition coefficient (Wildman–Crippen LogP) is 0.401. The van der Waals surface area contributed by atoms with Gasteiger partial charge in [-0.3, -0.25) is 9.48 Å². The Labute approximate surface area is 143 Å². The quantitative estimate of drug-likeness (QED) is 0.782. The summed E-state index contributed by atoms with van der Waals surface area (Å²) in [6.45, 7) is 5.47. The van der Waals surface area contributed by atoms with Crippen molar-refractivity contribution in [1.29, 1.82) is 0 Å². The molecule has 2 aliphatic heterocycles. The van der Waals surface area contributed by atoms with Crippen LogP contribution < -0.4 is 0 Å². The van der Waals surface area contributed by atoms with Crippen molar-refractivity contribution in [3.63, 3.8) is 0 Å². The van der Waals surface area contributed by atoms with Gasteiger partial charge in [-0.1, -0.05) is 6.92 Å². The minimum absolute atomic E-state index is 0.0000529. The van der Waals surface area contributed by atoms with Crippen LogP contribution in [-0.4, -0.2) is 78.1 Å². The van der Waals surface area contributed by atoms with Crippen molar-refractivity contribution in [3.05, 3.63) is 17.5 Å². The Hall–Kier alpha value is -1.41. The fourth-order valence-corrected chi connectivity index (χ4v) is 6.45. The number of sulfone groups is 1. The maximum absolute atomic E-state index is 12.9. The molecule has 0 aliphatic carbocycles. The van der Waals surface area contributed by atoms with Gasteiger partial charge in [-0.05, 0) is 27.4 Å². The van der Waals surface area contributed by atoms with Crippen LogP contribution in [0.3, 0.4) is 0 Å². The molecule has 3 atom stereocenters. The summed E-state index contributed by atoms with van der Waals surface area (Å²) in [7, 11) is 0.681. The largest absolute Gasteiger partial charge is 0.337 e. The van der Waals surface area contributed by atoms with Crippen molar-refractivity contribution in [2.75, 3.05) is 32.9 Å². The third-order valence-electron chi connectivity index (χ3n) is 5.25. The van der Waals surface area contributed by atoms with Gasteiger partial charge in [-0.15, -0.1) is 0 Å². The number of aryl methyl sites for hydroxylation is 2. The lowest BCUT2D eigenvalue weighted by Crippen LogP contribution is -2.38. The highest BCUT2D eigenvalue weighted by atomic mass is 32.2. The van der Waals surface area contributed by atoms with Crippen molar-refractivity contribution >= 4 is 15.7 Å². The number of hydrogen-bond donors (Lipinski definition) is 0. The number of fused-ring (bicyclic) bond motifs is 1. The number of hydrogen-bond acceptors (Lipinski definition) is 5. The Morgan fingerprint density at radius 2 is 2.08 bits per heavy atom. The standard InChI is InChI=1S/C16H26N4O3S/c1-5-6-20-8-12(11(2)17-20)16(21)19-7-13-14(18(3)4)10-24(22,23)15(13)9-19/h8,13-15H,5-7,9-10H2,1-4H3/t13-,14+,15-/m0/s1. The molecule has 1 aromatic heterocycles. The third kappa shape index (κ3) is 2.86. The Morgan fingerprint density at radius 3 is 2.71 bits per heavy atom. The molecule has 134 valence electrons. The second kappa shape index (κ2) is 6.15. The lowest BCUT2D eigenvalue weighted by atomic mass is 10.00. The number of nitrogens with zero attached hydrogens (tertiary/aromatic N) is 4. The zero-order valence-electron chi connectivity index (χ0n) is 14.8. The molecule has 0 bridgehead atoms. The Kier molecular flexibility index (Phi) is 4.46. The van der Waals surface area contributed by atoms with Gasteiger partial charge in [-0.25, -0.2) is 8.42 Å². The minimum Gasteiger partial charge on any atom is -0.337 e. The molecule has 24 heavy (non-hydrogen) atoms. The molecule has 8 heteroatoms. The Bertz CT molecular complexity index is 741. The van der Waals surface area contributed by atoms with Crippen LogP contribution >= 0.6 is 0 Å². The molecule has 1 aromatic rings. The van der Waals surface area contributed by atoms with E-state index in [1.54, 1.807) is 15.8 Å². The molecule has 0 aromatic carbocycles. The minimum atomic E-state index is -3.14. The molecule has 0 unspecified atom stereocenters. The van der Waals surface area contributed by atoms with Gasteiger partial charge in [-0.2, -0.15) is 5.10 Å². The zero-order valence-corrected chi connectivity index (χ0v) is 15.6. The van der Waals surface area contributed by atoms with Crippen LogP contribution in [-0.2, 0) is 16.4 Å². The smallest absolute Gasteiger partial charge is 0.257 e. The second-order valence-corrected chi connectivity index (χ2v) is 9.43. The van der Waals surface area contributed by atoms with E-state index in [0.717, 1.165) is 13.0 Å². The highest BCUT2D eigenvalue weighted by molar-refractivity contribution is 7.92. The van der Waals surface area contributed by atoms with E-state index in [1.807, 2.05) is 25.9 Å². The van der Waals surface area contributed by atoms with E-state index >= 15 is 0 Å². The van der Waals surface area contributed by atoms with Crippen LogP contribution in [0.5, 0.6) is 0 Å². The number of rotatable bonds is 4. The molecule has 2 fully saturated rings. The SMILES string of the molecule is CCCn1cc(C(=O)N2C[C@H]3[C@H](N(C)C)CS(=O)(=O)[C@H]3C2)c(C)n1. The molecule has 0 saturated carbocycles. The number of amides is 1. The van der Waals surface area contributed by atoms with Gasteiger partial charge in [0.25, 0.3) is 5.91 Å². The molecule has 0 N–H and O–H groups in total. The van der Waals surface area contributed by atoms with Gasteiger partial charge in [0.15, 0.2) is 9.84 Å². The van der Waals surface area contributed by atoms with E-state index in [2.05, 4.69) is 12.0 Å². The summed E-state index contributed by atoms with van der Waals surface area (Å²) >= 11 is 0. The monoisotopic (exact) mass is 354 g/mol. The third-order valence-corrected chi connectivity index (χ3v) is 7.47. The molecular formula is C16H26N4O3S. The lowest BCUT2D eigenvalue weighted by molar-refractivity contribution is 0.0779. The van der Waals surface area contributed by atoms with Crippen LogP contribution in [0.4, 0.5) is 0 Å². The normalized spacial score (nSPS) is 28.5. The maximum Gasteiger partial charge on any atom is 0.257 e. The van der Waals surface area contributed by atoms with Crippen molar-refractivity contribution in [1.82, 2.24) is 19.6 Å². The number of aromatic nitrogens is 2. The van der Waals surface area contributed by atoms with Gasteiger partial charge in [0.05, 0.1) is 22.3 Å². The molecule has 3 heterocycles. The first-order valence-corrected chi connectivity index (χ1v) is 10.2. The summed E-state index contributed by atoms with van der Waals surface area (Å²) in [6, 6.07) is -0.0123. The fraction of sp³-hybridized carbons (Fsp3) is 0.750. The summed E-state index contributed by atoms with van der Waals surface area (Å²) in [4.78, 5) is 16.5. The van der Waals surface area contributed by atoms with E-state index in [9.17, 15) is 13.2 Å². The van der Waals surface area contributed by atoms with Gasteiger partial charge in [0.2, 0.25) is 0 Å². The van der Waals surface area contributed by atoms with Gasteiger partial charge >= 0.3 is 0 Å². The second-order valence-electron chi connectivity index (χ2n) is 7.16. The average molecular weight is 354 g/mol. The topological polar surface area (TPSA) is 75.5 Å². The number of likely N-dealkylation sites (tertiary alicyclic amines) is 1. The molecule has 2 saturated heterocycles. The van der Waals surface area contributed by atoms with E-state index in [1.165, 1.54) is 0 Å². The molecule has 0 spiro atoms. The maximum atomic E-state index is 12.9. The first-order chi connectivity index (χ1) is 11.2. The van der Waals surface area contributed by atoms with E-state index in [4.69, 9.17) is 0 Å². The van der Waals surface area contributed by atoms with E-state index in [0.29, 0.717) is 24.3 Å². The van der Waals surface area contributed by atoms with Gasteiger partial charge < -0.3 is 9.80 Å². The summed E-state index contributed by atoms with van der Waals surface area (Å²) in [6.07, 6.45) is 2.73. The van der Waals surface area contributed by atoms with Crippen LogP contribution in [0.1, 0.15) is 29.4 Å². The fourth-order valence-electron chi connectivity index (χ4n) is 3.97. The van der Waals surface area contributed by atoms with E-state index in [-0.39, 0.29) is 23.6 Å². The zero-order chi connectivity index (χ0) is 17.6. The molecule has 7 nitrogen and oxygen atoms in total. The van der Waals surface area contributed by atoms with E-state index < -0.39 is 15.1 Å². The van der Waals surface area contributed by atoms with Crippen molar-refractivity contribution in [3.8, 4) is 0 Å². The summed E-state index contributed by atoms with van der Waals surface area (Å²) < 4.78 is 26.7. The van der Waals surface area contributed by atoms with Crippen LogP contribution in [0, 0.1) is 12.8 Å². The summed E-state index contributed by atoms with van der Waals surface area (Å²) in [5, 5.41) is 3.95. The van der Waals surface area contributed by atoms with Crippen LogP contribution in [0.15, 0.2) is 6.20 Å². The Balaban J connectivity index is 1.82. The van der Waals surface area contributed by atoms with Crippen LogP contribution in [0.2, 0.25) is 0 Å². The number of carbonyl (C=O) groups is 1. The number of carbonyl (C=O) groups excluding carboxylic acids is 1. The summed E-state index contributed by atoms with van der Waals surface area (Å²) in [5.41, 5.74) is 1.29. The highest BCUT2D eigenvalue weighted by Crippen LogP contribution is 2.36. The van der Waals surface area contributed by atoms with Crippen molar-refractivity contribution in [2.24, 2.45) is 5.92 Å². The average Bonchev–Trinajstić information content (AvgIpc) is 3.14. The molecule has 0 radical (unpaired) electrons. The Morgan fingerprint density at radius 1 is 1.38 bits per heavy atom. The lowest BCUT2D eigenvalue weighted by Gasteiger charge is -2.25. The first kappa shape index (κ1) is 17.4. The first-order valence-electron chi connectivity index (χ1n) is 8.46. The molecule has 3 rings (SSSR count). The molecule has 1 amide bonds. The predicted molar refractivity (Wildman–Crippen MR) is 91.7 cm³/mol.